The quantitative estimate of drug-likeness (QED) is 0.741. The van der Waals surface area contributed by atoms with Gasteiger partial charge < -0.3 is 14.5 Å². The molecule has 22 heavy (non-hydrogen) atoms. The first-order chi connectivity index (χ1) is 10.8. The molecule has 1 atom stereocenters. The second-order valence-corrected chi connectivity index (χ2v) is 5.55. The molecule has 0 amide bonds. The molecule has 0 aliphatic rings. The van der Waals surface area contributed by atoms with E-state index in [1.54, 1.807) is 7.11 Å². The van der Waals surface area contributed by atoms with Crippen LogP contribution in [-0.4, -0.2) is 13.2 Å². The molecule has 0 saturated heterocycles. The molecular weight excluding hydrogens is 274 g/mol. The summed E-state index contributed by atoms with van der Waals surface area (Å²) >= 11 is 0. The van der Waals surface area contributed by atoms with Crippen molar-refractivity contribution < 1.29 is 9.15 Å². The maximum Gasteiger partial charge on any atom is 0.134 e. The van der Waals surface area contributed by atoms with Gasteiger partial charge in [0.15, 0.2) is 0 Å². The molecule has 0 fully saturated rings. The smallest absolute Gasteiger partial charge is 0.134 e. The van der Waals surface area contributed by atoms with Crippen LogP contribution in [-0.2, 0) is 13.0 Å². The van der Waals surface area contributed by atoms with Crippen molar-refractivity contribution in [2.24, 2.45) is 0 Å². The maximum atomic E-state index is 5.83. The Balaban J connectivity index is 1.61. The number of ether oxygens (including phenoxy) is 1. The Morgan fingerprint density at radius 1 is 1.09 bits per heavy atom. The highest BCUT2D eigenvalue weighted by Gasteiger charge is 2.09. The van der Waals surface area contributed by atoms with Crippen LogP contribution in [0.1, 0.15) is 18.2 Å². The lowest BCUT2D eigenvalue weighted by molar-refractivity contribution is 0.404. The molecule has 0 aliphatic carbocycles. The highest BCUT2D eigenvalue weighted by atomic mass is 16.5. The highest BCUT2D eigenvalue weighted by molar-refractivity contribution is 5.77. The van der Waals surface area contributed by atoms with E-state index < -0.39 is 0 Å². The van der Waals surface area contributed by atoms with Crippen LogP contribution < -0.4 is 10.1 Å². The first kappa shape index (κ1) is 14.7. The second-order valence-electron chi connectivity index (χ2n) is 5.55. The van der Waals surface area contributed by atoms with Crippen LogP contribution in [0.25, 0.3) is 11.0 Å². The van der Waals surface area contributed by atoms with E-state index in [0.717, 1.165) is 35.4 Å². The molecule has 3 aromatic rings. The van der Waals surface area contributed by atoms with Crippen molar-refractivity contribution in [3.05, 3.63) is 65.9 Å². The van der Waals surface area contributed by atoms with E-state index in [9.17, 15) is 0 Å². The van der Waals surface area contributed by atoms with Gasteiger partial charge >= 0.3 is 0 Å². The van der Waals surface area contributed by atoms with Crippen LogP contribution in [0.3, 0.4) is 0 Å². The van der Waals surface area contributed by atoms with Crippen LogP contribution in [0.5, 0.6) is 5.75 Å². The summed E-state index contributed by atoms with van der Waals surface area (Å²) in [4.78, 5) is 0. The van der Waals surface area contributed by atoms with Gasteiger partial charge in [-0.25, -0.2) is 0 Å². The molecule has 3 nitrogen and oxygen atoms in total. The van der Waals surface area contributed by atoms with Crippen molar-refractivity contribution in [3.8, 4) is 5.75 Å². The standard InChI is InChI=1S/C19H21NO2/c1-14(11-15-7-3-5-9-18(15)21-2)20-13-17-12-16-8-4-6-10-19(16)22-17/h3-10,12,14,20H,11,13H2,1-2H3. The number of furan rings is 1. The lowest BCUT2D eigenvalue weighted by Crippen LogP contribution is -2.27. The third-order valence-corrected chi connectivity index (χ3v) is 3.82. The van der Waals surface area contributed by atoms with Crippen LogP contribution in [0, 0.1) is 0 Å². The Labute approximate surface area is 130 Å². The van der Waals surface area contributed by atoms with E-state index in [1.807, 2.05) is 36.4 Å². The lowest BCUT2D eigenvalue weighted by atomic mass is 10.1. The summed E-state index contributed by atoms with van der Waals surface area (Å²) < 4.78 is 11.2. The Hall–Kier alpha value is -2.26. The molecular formula is C19H21NO2. The molecule has 1 aromatic heterocycles. The minimum absolute atomic E-state index is 0.338. The molecule has 3 heteroatoms. The van der Waals surface area contributed by atoms with E-state index in [0.29, 0.717) is 6.04 Å². The van der Waals surface area contributed by atoms with E-state index in [1.165, 1.54) is 5.56 Å². The fourth-order valence-electron chi connectivity index (χ4n) is 2.67. The zero-order valence-electron chi connectivity index (χ0n) is 13.0. The van der Waals surface area contributed by atoms with Gasteiger partial charge in [0.2, 0.25) is 0 Å². The number of hydrogen-bond donors (Lipinski definition) is 1. The van der Waals surface area contributed by atoms with Crippen LogP contribution >= 0.6 is 0 Å². The number of methoxy groups -OCH3 is 1. The van der Waals surface area contributed by atoms with Gasteiger partial charge in [-0.3, -0.25) is 0 Å². The number of nitrogens with one attached hydrogen (secondary N) is 1. The zero-order chi connectivity index (χ0) is 15.4. The summed E-state index contributed by atoms with van der Waals surface area (Å²) in [6.45, 7) is 2.90. The summed E-state index contributed by atoms with van der Waals surface area (Å²) in [7, 11) is 1.71. The SMILES string of the molecule is COc1ccccc1CC(C)NCc1cc2ccccc2o1. The maximum absolute atomic E-state index is 5.83. The van der Waals surface area contributed by atoms with Crippen molar-refractivity contribution in [3.63, 3.8) is 0 Å². The molecule has 3 rings (SSSR count). The largest absolute Gasteiger partial charge is 0.496 e. The van der Waals surface area contributed by atoms with E-state index >= 15 is 0 Å². The molecule has 0 bridgehead atoms. The summed E-state index contributed by atoms with van der Waals surface area (Å²) in [5, 5.41) is 4.66. The Morgan fingerprint density at radius 2 is 1.86 bits per heavy atom. The molecule has 0 aliphatic heterocycles. The van der Waals surface area contributed by atoms with Crippen molar-refractivity contribution >= 4 is 11.0 Å². The Morgan fingerprint density at radius 3 is 2.68 bits per heavy atom. The molecule has 2 aromatic carbocycles. The first-order valence-corrected chi connectivity index (χ1v) is 7.59. The van der Waals surface area contributed by atoms with Crippen molar-refractivity contribution in [1.82, 2.24) is 5.32 Å². The van der Waals surface area contributed by atoms with Gasteiger partial charge in [0.05, 0.1) is 13.7 Å². The first-order valence-electron chi connectivity index (χ1n) is 7.59. The van der Waals surface area contributed by atoms with Gasteiger partial charge in [0.1, 0.15) is 17.1 Å². The number of para-hydroxylation sites is 2. The van der Waals surface area contributed by atoms with Crippen LogP contribution in [0.2, 0.25) is 0 Å². The van der Waals surface area contributed by atoms with Gasteiger partial charge in [0.25, 0.3) is 0 Å². The lowest BCUT2D eigenvalue weighted by Gasteiger charge is -2.15. The molecule has 1 unspecified atom stereocenters. The summed E-state index contributed by atoms with van der Waals surface area (Å²) in [5.74, 6) is 1.91. The average Bonchev–Trinajstić information content (AvgIpc) is 2.96. The fraction of sp³-hybridized carbons (Fsp3) is 0.263. The predicted octanol–water partition coefficient (Wildman–Crippen LogP) is 4.16. The van der Waals surface area contributed by atoms with Crippen molar-refractivity contribution in [1.29, 1.82) is 0 Å². The highest BCUT2D eigenvalue weighted by Crippen LogP contribution is 2.20. The van der Waals surface area contributed by atoms with E-state index in [-0.39, 0.29) is 0 Å². The Bertz CT molecular complexity index is 715. The third-order valence-electron chi connectivity index (χ3n) is 3.82. The third kappa shape index (κ3) is 3.31. The number of hydrogen-bond acceptors (Lipinski definition) is 3. The minimum Gasteiger partial charge on any atom is -0.496 e. The Kier molecular flexibility index (Phi) is 4.45. The van der Waals surface area contributed by atoms with Crippen LogP contribution in [0.4, 0.5) is 0 Å². The monoisotopic (exact) mass is 295 g/mol. The predicted molar refractivity (Wildman–Crippen MR) is 89.2 cm³/mol. The zero-order valence-corrected chi connectivity index (χ0v) is 13.0. The summed E-state index contributed by atoms with van der Waals surface area (Å²) in [6, 6.07) is 18.7. The van der Waals surface area contributed by atoms with Gasteiger partial charge in [-0.1, -0.05) is 36.4 Å². The minimum atomic E-state index is 0.338. The fourth-order valence-corrected chi connectivity index (χ4v) is 2.67. The molecule has 0 radical (unpaired) electrons. The van der Waals surface area contributed by atoms with E-state index in [4.69, 9.17) is 9.15 Å². The average molecular weight is 295 g/mol. The van der Waals surface area contributed by atoms with Gasteiger partial charge in [0, 0.05) is 11.4 Å². The van der Waals surface area contributed by atoms with Gasteiger partial charge in [-0.15, -0.1) is 0 Å². The molecule has 1 N–H and O–H groups in total. The summed E-state index contributed by atoms with van der Waals surface area (Å²) in [6.07, 6.45) is 0.921. The second kappa shape index (κ2) is 6.67. The van der Waals surface area contributed by atoms with Crippen molar-refractivity contribution in [2.75, 3.05) is 7.11 Å². The van der Waals surface area contributed by atoms with Crippen molar-refractivity contribution in [2.45, 2.75) is 25.9 Å². The van der Waals surface area contributed by atoms with Crippen LogP contribution in [0.15, 0.2) is 59.0 Å². The number of benzene rings is 2. The molecule has 114 valence electrons. The summed E-state index contributed by atoms with van der Waals surface area (Å²) in [5.41, 5.74) is 2.16. The van der Waals surface area contributed by atoms with E-state index in [2.05, 4.69) is 30.4 Å². The molecule has 0 spiro atoms. The molecule has 0 saturated carbocycles. The normalized spacial score (nSPS) is 12.5. The van der Waals surface area contributed by atoms with Gasteiger partial charge in [-0.05, 0) is 37.1 Å². The molecule has 1 heterocycles. The number of rotatable bonds is 6. The van der Waals surface area contributed by atoms with Gasteiger partial charge in [-0.2, -0.15) is 0 Å². The number of fused-ring (bicyclic) bond motifs is 1. The topological polar surface area (TPSA) is 34.4 Å².